The van der Waals surface area contributed by atoms with Crippen LogP contribution in [-0.4, -0.2) is 22.6 Å². The number of nitrogens with zero attached hydrogens (tertiary/aromatic N) is 2. The Bertz CT molecular complexity index is 832. The molecule has 0 radical (unpaired) electrons. The van der Waals surface area contributed by atoms with Gasteiger partial charge in [-0.05, 0) is 48.5 Å². The minimum absolute atomic E-state index is 0.285. The van der Waals surface area contributed by atoms with Crippen molar-refractivity contribution in [3.8, 4) is 11.5 Å². The van der Waals surface area contributed by atoms with E-state index in [-0.39, 0.29) is 11.7 Å². The summed E-state index contributed by atoms with van der Waals surface area (Å²) in [6.07, 6.45) is 0.396. The van der Waals surface area contributed by atoms with E-state index in [1.54, 1.807) is 24.3 Å². The number of rotatable bonds is 5. The topological polar surface area (TPSA) is 68.0 Å². The van der Waals surface area contributed by atoms with Crippen molar-refractivity contribution in [3.63, 3.8) is 0 Å². The fourth-order valence-corrected chi connectivity index (χ4v) is 2.18. The Hall–Kier alpha value is -2.73. The highest BCUT2D eigenvalue weighted by molar-refractivity contribution is 6.30. The molecule has 0 unspecified atom stereocenters. The number of carbonyl (C=O) groups is 1. The molecule has 1 amide bonds. The van der Waals surface area contributed by atoms with Crippen LogP contribution < -0.4 is 5.32 Å². The van der Waals surface area contributed by atoms with Crippen molar-refractivity contribution in [2.75, 3.05) is 6.54 Å². The quantitative estimate of drug-likeness (QED) is 0.768. The van der Waals surface area contributed by atoms with E-state index < -0.39 is 0 Å². The van der Waals surface area contributed by atoms with Crippen LogP contribution in [-0.2, 0) is 6.42 Å². The van der Waals surface area contributed by atoms with Gasteiger partial charge in [0, 0.05) is 29.1 Å². The van der Waals surface area contributed by atoms with Crippen LogP contribution in [0.15, 0.2) is 52.9 Å². The summed E-state index contributed by atoms with van der Waals surface area (Å²) in [7, 11) is 0. The summed E-state index contributed by atoms with van der Waals surface area (Å²) >= 11 is 5.83. The van der Waals surface area contributed by atoms with Gasteiger partial charge in [-0.25, -0.2) is 4.39 Å². The van der Waals surface area contributed by atoms with Crippen LogP contribution in [0.4, 0.5) is 4.39 Å². The van der Waals surface area contributed by atoms with Crippen molar-refractivity contribution >= 4 is 17.5 Å². The molecule has 0 fully saturated rings. The molecular formula is C17H13ClFN3O2. The summed E-state index contributed by atoms with van der Waals surface area (Å²) in [5, 5.41) is 11.3. The van der Waals surface area contributed by atoms with Gasteiger partial charge in [0.05, 0.1) is 0 Å². The zero-order valence-electron chi connectivity index (χ0n) is 12.5. The van der Waals surface area contributed by atoms with E-state index in [9.17, 15) is 9.18 Å². The van der Waals surface area contributed by atoms with Crippen molar-refractivity contribution in [2.45, 2.75) is 6.42 Å². The third kappa shape index (κ3) is 3.97. The largest absolute Gasteiger partial charge is 0.421 e. The molecule has 0 spiro atoms. The maximum absolute atomic E-state index is 12.8. The number of benzene rings is 2. The van der Waals surface area contributed by atoms with E-state index in [0.717, 1.165) is 5.56 Å². The fourth-order valence-electron chi connectivity index (χ4n) is 2.05. The zero-order chi connectivity index (χ0) is 16.9. The van der Waals surface area contributed by atoms with Crippen molar-refractivity contribution in [3.05, 3.63) is 70.8 Å². The second-order valence-corrected chi connectivity index (χ2v) is 5.46. The molecule has 0 aliphatic carbocycles. The van der Waals surface area contributed by atoms with Crippen LogP contribution in [0.25, 0.3) is 11.5 Å². The predicted molar refractivity (Wildman–Crippen MR) is 87.2 cm³/mol. The first-order chi connectivity index (χ1) is 11.6. The number of carbonyl (C=O) groups excluding carboxylic acids is 1. The van der Waals surface area contributed by atoms with Gasteiger partial charge >= 0.3 is 0 Å². The molecule has 1 aromatic heterocycles. The Labute approximate surface area is 142 Å². The average Bonchev–Trinajstić information content (AvgIpc) is 3.05. The van der Waals surface area contributed by atoms with Crippen LogP contribution in [0.1, 0.15) is 16.2 Å². The molecule has 0 saturated carbocycles. The van der Waals surface area contributed by atoms with Crippen molar-refractivity contribution < 1.29 is 13.6 Å². The molecule has 0 aliphatic rings. The monoisotopic (exact) mass is 345 g/mol. The highest BCUT2D eigenvalue weighted by Crippen LogP contribution is 2.20. The minimum Gasteiger partial charge on any atom is -0.421 e. The molecule has 3 aromatic rings. The van der Waals surface area contributed by atoms with Crippen LogP contribution in [0, 0.1) is 5.82 Å². The predicted octanol–water partition coefficient (Wildman–Crippen LogP) is 3.50. The van der Waals surface area contributed by atoms with Crippen molar-refractivity contribution in [1.82, 2.24) is 15.5 Å². The molecule has 1 heterocycles. The SMILES string of the molecule is O=C(NCCc1nnc(-c2ccc(Cl)cc2)o1)c1ccc(F)cc1. The molecule has 0 aliphatic heterocycles. The Kier molecular flexibility index (Phi) is 4.86. The smallest absolute Gasteiger partial charge is 0.251 e. The molecule has 7 heteroatoms. The number of halogens is 2. The Morgan fingerprint density at radius 2 is 1.79 bits per heavy atom. The lowest BCUT2D eigenvalue weighted by Crippen LogP contribution is -2.25. The second kappa shape index (κ2) is 7.23. The van der Waals surface area contributed by atoms with E-state index in [1.165, 1.54) is 24.3 Å². The number of amides is 1. The summed E-state index contributed by atoms with van der Waals surface area (Å²) in [5.41, 5.74) is 1.16. The van der Waals surface area contributed by atoms with Crippen LogP contribution in [0.3, 0.4) is 0 Å². The van der Waals surface area contributed by atoms with Crippen molar-refractivity contribution in [1.29, 1.82) is 0 Å². The first kappa shape index (κ1) is 16.1. The van der Waals surface area contributed by atoms with Gasteiger partial charge < -0.3 is 9.73 Å². The normalized spacial score (nSPS) is 10.6. The van der Waals surface area contributed by atoms with Gasteiger partial charge in [0.2, 0.25) is 11.8 Å². The lowest BCUT2D eigenvalue weighted by molar-refractivity contribution is 0.0953. The molecule has 0 atom stereocenters. The highest BCUT2D eigenvalue weighted by atomic mass is 35.5. The third-order valence-corrected chi connectivity index (χ3v) is 3.54. The average molecular weight is 346 g/mol. The Morgan fingerprint density at radius 1 is 1.08 bits per heavy atom. The number of nitrogens with one attached hydrogen (secondary N) is 1. The van der Waals surface area contributed by atoms with Gasteiger partial charge in [0.1, 0.15) is 5.82 Å². The van der Waals surface area contributed by atoms with E-state index in [4.69, 9.17) is 16.0 Å². The van der Waals surface area contributed by atoms with E-state index >= 15 is 0 Å². The summed E-state index contributed by atoms with van der Waals surface area (Å²) < 4.78 is 18.4. The molecule has 3 rings (SSSR count). The standard InChI is InChI=1S/C17H13ClFN3O2/c18-13-5-1-12(2-6-13)17-22-21-15(24-17)9-10-20-16(23)11-3-7-14(19)8-4-11/h1-8H,9-10H2,(H,20,23). The van der Waals surface area contributed by atoms with Gasteiger partial charge in [-0.15, -0.1) is 10.2 Å². The number of hydrogen-bond donors (Lipinski definition) is 1. The van der Waals surface area contributed by atoms with Gasteiger partial charge in [-0.2, -0.15) is 0 Å². The first-order valence-corrected chi connectivity index (χ1v) is 7.62. The third-order valence-electron chi connectivity index (χ3n) is 3.29. The van der Waals surface area contributed by atoms with Gasteiger partial charge in [0.25, 0.3) is 5.91 Å². The molecule has 0 saturated heterocycles. The molecular weight excluding hydrogens is 333 g/mol. The molecule has 122 valence electrons. The van der Waals surface area contributed by atoms with Crippen molar-refractivity contribution in [2.24, 2.45) is 0 Å². The summed E-state index contributed by atoms with van der Waals surface area (Å²) in [6, 6.07) is 12.4. The maximum Gasteiger partial charge on any atom is 0.251 e. The Morgan fingerprint density at radius 3 is 2.50 bits per heavy atom. The summed E-state index contributed by atoms with van der Waals surface area (Å²) in [4.78, 5) is 11.9. The van der Waals surface area contributed by atoms with E-state index in [0.29, 0.717) is 35.3 Å². The summed E-state index contributed by atoms with van der Waals surface area (Å²) in [5.74, 6) is 0.144. The lowest BCUT2D eigenvalue weighted by Gasteiger charge is -2.03. The van der Waals surface area contributed by atoms with Crippen LogP contribution >= 0.6 is 11.6 Å². The molecule has 2 aromatic carbocycles. The van der Waals surface area contributed by atoms with Gasteiger partial charge in [0.15, 0.2) is 0 Å². The van der Waals surface area contributed by atoms with Gasteiger partial charge in [-0.3, -0.25) is 4.79 Å². The highest BCUT2D eigenvalue weighted by Gasteiger charge is 2.10. The first-order valence-electron chi connectivity index (χ1n) is 7.24. The number of aromatic nitrogens is 2. The molecule has 5 nitrogen and oxygen atoms in total. The Balaban J connectivity index is 1.55. The maximum atomic E-state index is 12.8. The zero-order valence-corrected chi connectivity index (χ0v) is 13.3. The summed E-state index contributed by atoms with van der Waals surface area (Å²) in [6.45, 7) is 0.332. The second-order valence-electron chi connectivity index (χ2n) is 5.02. The molecule has 0 bridgehead atoms. The molecule has 24 heavy (non-hydrogen) atoms. The van der Waals surface area contributed by atoms with E-state index in [2.05, 4.69) is 15.5 Å². The lowest BCUT2D eigenvalue weighted by atomic mass is 10.2. The fraction of sp³-hybridized carbons (Fsp3) is 0.118. The van der Waals surface area contributed by atoms with Crippen LogP contribution in [0.2, 0.25) is 5.02 Å². The van der Waals surface area contributed by atoms with Gasteiger partial charge in [-0.1, -0.05) is 11.6 Å². The number of hydrogen-bond acceptors (Lipinski definition) is 4. The molecule has 1 N–H and O–H groups in total. The van der Waals surface area contributed by atoms with E-state index in [1.807, 2.05) is 0 Å². The minimum atomic E-state index is -0.382. The van der Waals surface area contributed by atoms with Crippen LogP contribution in [0.5, 0.6) is 0 Å².